The maximum Gasteiger partial charge on any atom is 0.235 e. The van der Waals surface area contributed by atoms with Crippen LogP contribution in [0.15, 0.2) is 59.6 Å². The van der Waals surface area contributed by atoms with Crippen molar-refractivity contribution >= 4 is 38.4 Å². The minimum Gasteiger partial charge on any atom is -0.497 e. The molecular formula is C24H26N2O4S2. The molecule has 0 aliphatic carbocycles. The van der Waals surface area contributed by atoms with Crippen LogP contribution < -0.4 is 4.74 Å². The van der Waals surface area contributed by atoms with E-state index in [0.717, 1.165) is 32.8 Å². The highest BCUT2D eigenvalue weighted by molar-refractivity contribution is 8.00. The highest BCUT2D eigenvalue weighted by Gasteiger charge is 2.34. The molecule has 2 atom stereocenters. The van der Waals surface area contributed by atoms with E-state index in [9.17, 15) is 13.2 Å². The smallest absolute Gasteiger partial charge is 0.235 e. The van der Waals surface area contributed by atoms with Crippen LogP contribution in [0.3, 0.4) is 0 Å². The molecule has 6 nitrogen and oxygen atoms in total. The molecule has 168 valence electrons. The molecule has 2 heterocycles. The number of rotatable bonds is 6. The van der Waals surface area contributed by atoms with E-state index in [0.29, 0.717) is 6.42 Å². The number of benzene rings is 2. The van der Waals surface area contributed by atoms with Crippen LogP contribution in [0.2, 0.25) is 0 Å². The Morgan fingerprint density at radius 3 is 2.59 bits per heavy atom. The lowest BCUT2D eigenvalue weighted by molar-refractivity contribution is -0.130. The summed E-state index contributed by atoms with van der Waals surface area (Å²) in [6.45, 7) is 1.84. The van der Waals surface area contributed by atoms with Gasteiger partial charge in [-0.1, -0.05) is 42.1 Å². The van der Waals surface area contributed by atoms with Gasteiger partial charge in [-0.2, -0.15) is 0 Å². The average Bonchev–Trinajstić information content (AvgIpc) is 3.17. The van der Waals surface area contributed by atoms with E-state index in [1.54, 1.807) is 19.1 Å². The Balaban J connectivity index is 1.64. The van der Waals surface area contributed by atoms with Crippen LogP contribution in [0, 0.1) is 0 Å². The van der Waals surface area contributed by atoms with Crippen molar-refractivity contribution in [1.29, 1.82) is 0 Å². The summed E-state index contributed by atoms with van der Waals surface area (Å²) in [6.07, 6.45) is 0.494. The Morgan fingerprint density at radius 1 is 1.19 bits per heavy atom. The van der Waals surface area contributed by atoms with E-state index in [1.165, 1.54) is 11.8 Å². The number of fused-ring (bicyclic) bond motifs is 1. The third kappa shape index (κ3) is 4.76. The Morgan fingerprint density at radius 2 is 1.94 bits per heavy atom. The maximum absolute atomic E-state index is 13.0. The number of pyridine rings is 1. The van der Waals surface area contributed by atoms with Crippen molar-refractivity contribution in [2.75, 3.05) is 25.7 Å². The summed E-state index contributed by atoms with van der Waals surface area (Å²) in [4.78, 5) is 19.4. The van der Waals surface area contributed by atoms with Crippen LogP contribution in [0.25, 0.3) is 22.0 Å². The number of hydrogen-bond acceptors (Lipinski definition) is 6. The molecule has 0 N–H and O–H groups in total. The number of carbonyl (C=O) groups is 1. The fourth-order valence-electron chi connectivity index (χ4n) is 4.01. The van der Waals surface area contributed by atoms with E-state index in [-0.39, 0.29) is 23.5 Å². The van der Waals surface area contributed by atoms with E-state index in [4.69, 9.17) is 9.72 Å². The zero-order valence-corrected chi connectivity index (χ0v) is 19.9. The molecule has 32 heavy (non-hydrogen) atoms. The van der Waals surface area contributed by atoms with Crippen molar-refractivity contribution in [3.63, 3.8) is 0 Å². The number of amides is 1. The third-order valence-electron chi connectivity index (χ3n) is 5.83. The van der Waals surface area contributed by atoms with Gasteiger partial charge in [0.25, 0.3) is 0 Å². The molecule has 1 aliphatic heterocycles. The van der Waals surface area contributed by atoms with Crippen molar-refractivity contribution in [3.8, 4) is 16.9 Å². The van der Waals surface area contributed by atoms with Crippen LogP contribution in [0.5, 0.6) is 5.75 Å². The molecular weight excluding hydrogens is 444 g/mol. The van der Waals surface area contributed by atoms with Crippen LogP contribution in [0.1, 0.15) is 13.3 Å². The molecule has 3 aromatic rings. The lowest BCUT2D eigenvalue weighted by atomic mass is 10.0. The molecule has 8 heteroatoms. The van der Waals surface area contributed by atoms with Gasteiger partial charge in [0.2, 0.25) is 5.91 Å². The topological polar surface area (TPSA) is 76.6 Å². The van der Waals surface area contributed by atoms with Gasteiger partial charge < -0.3 is 9.64 Å². The molecule has 0 unspecified atom stereocenters. The van der Waals surface area contributed by atoms with Gasteiger partial charge in [0, 0.05) is 24.5 Å². The van der Waals surface area contributed by atoms with Crippen molar-refractivity contribution in [3.05, 3.63) is 54.6 Å². The van der Waals surface area contributed by atoms with Crippen LogP contribution >= 0.6 is 11.8 Å². The highest BCUT2D eigenvalue weighted by Crippen LogP contribution is 2.35. The molecule has 1 aromatic heterocycles. The monoisotopic (exact) mass is 470 g/mol. The van der Waals surface area contributed by atoms with E-state index in [1.807, 2.05) is 49.4 Å². The summed E-state index contributed by atoms with van der Waals surface area (Å²) in [5, 5.41) is 1.34. The van der Waals surface area contributed by atoms with Gasteiger partial charge in [-0.3, -0.25) is 4.79 Å². The summed E-state index contributed by atoms with van der Waals surface area (Å²) in [6, 6.07) is 17.6. The van der Waals surface area contributed by atoms with Crippen LogP contribution in [-0.2, 0) is 14.6 Å². The second-order valence-corrected chi connectivity index (χ2v) is 11.6. The van der Waals surface area contributed by atoms with Gasteiger partial charge in [0.05, 0.1) is 34.4 Å². The third-order valence-corrected chi connectivity index (χ3v) is 8.58. The normalized spacial score (nSPS) is 18.4. The molecule has 4 rings (SSSR count). The van der Waals surface area contributed by atoms with Gasteiger partial charge >= 0.3 is 0 Å². The van der Waals surface area contributed by atoms with Crippen molar-refractivity contribution in [2.24, 2.45) is 0 Å². The zero-order valence-electron chi connectivity index (χ0n) is 18.3. The molecule has 1 saturated heterocycles. The van der Waals surface area contributed by atoms with Gasteiger partial charge in [-0.25, -0.2) is 13.4 Å². The second-order valence-electron chi connectivity index (χ2n) is 8.02. The van der Waals surface area contributed by atoms with Crippen LogP contribution in [0.4, 0.5) is 0 Å². The summed E-state index contributed by atoms with van der Waals surface area (Å²) in [5.74, 6) is 0.813. The fourth-order valence-corrected chi connectivity index (χ4v) is 6.75. The number of thioether (sulfide) groups is 1. The number of carbonyl (C=O) groups excluding carboxylic acids is 1. The standard InChI is InChI=1S/C24H26N2O4S2/c1-16(24(27)26(2)18-11-12-32(28,29)15-18)31-23-14-21(17-7-5-4-6-8-17)20-10-9-19(30-3)13-22(20)25-23/h4-10,13-14,16,18H,11-12,15H2,1-3H3/t16-,18-/m1/s1. The lowest BCUT2D eigenvalue weighted by Gasteiger charge is -2.26. The minimum atomic E-state index is -3.05. The SMILES string of the molecule is COc1ccc2c(-c3ccccc3)cc(S[C@H](C)C(=O)N(C)[C@@H]3CCS(=O)(=O)C3)nc2c1. The minimum absolute atomic E-state index is 0.0405. The number of ether oxygens (including phenoxy) is 1. The highest BCUT2D eigenvalue weighted by atomic mass is 32.2. The lowest BCUT2D eigenvalue weighted by Crippen LogP contribution is -2.41. The van der Waals surface area contributed by atoms with E-state index in [2.05, 4.69) is 12.1 Å². The maximum atomic E-state index is 13.0. The van der Waals surface area contributed by atoms with Gasteiger partial charge in [0.15, 0.2) is 9.84 Å². The molecule has 1 amide bonds. The Labute approximate surface area is 192 Å². The summed E-state index contributed by atoms with van der Waals surface area (Å²) >= 11 is 1.38. The first-order valence-electron chi connectivity index (χ1n) is 10.5. The first-order chi connectivity index (χ1) is 15.3. The summed E-state index contributed by atoms with van der Waals surface area (Å²) in [7, 11) is 0.265. The number of hydrogen-bond donors (Lipinski definition) is 0. The predicted octanol–water partition coefficient (Wildman–Crippen LogP) is 4.04. The summed E-state index contributed by atoms with van der Waals surface area (Å²) in [5.41, 5.74) is 2.90. The van der Waals surface area contributed by atoms with Crippen molar-refractivity contribution in [1.82, 2.24) is 9.88 Å². The number of aromatic nitrogens is 1. The van der Waals surface area contributed by atoms with Crippen molar-refractivity contribution in [2.45, 2.75) is 29.7 Å². The van der Waals surface area contributed by atoms with Gasteiger partial charge in [0.1, 0.15) is 5.75 Å². The summed E-state index contributed by atoms with van der Waals surface area (Å²) < 4.78 is 29.0. The van der Waals surface area contributed by atoms with Crippen molar-refractivity contribution < 1.29 is 17.9 Å². The Bertz CT molecular complexity index is 1250. The van der Waals surface area contributed by atoms with Crippen LogP contribution in [-0.4, -0.2) is 61.2 Å². The molecule has 1 aliphatic rings. The van der Waals surface area contributed by atoms with Gasteiger partial charge in [-0.15, -0.1) is 0 Å². The van der Waals surface area contributed by atoms with E-state index < -0.39 is 15.1 Å². The molecule has 2 aromatic carbocycles. The zero-order chi connectivity index (χ0) is 22.9. The number of nitrogens with zero attached hydrogens (tertiary/aromatic N) is 2. The molecule has 0 saturated carbocycles. The fraction of sp³-hybridized carbons (Fsp3) is 0.333. The number of methoxy groups -OCH3 is 1. The average molecular weight is 471 g/mol. The quantitative estimate of drug-likeness (QED) is 0.506. The van der Waals surface area contributed by atoms with Gasteiger partial charge in [-0.05, 0) is 42.7 Å². The Kier molecular flexibility index (Phi) is 6.44. The number of sulfone groups is 1. The molecule has 0 bridgehead atoms. The predicted molar refractivity (Wildman–Crippen MR) is 129 cm³/mol. The molecule has 0 radical (unpaired) electrons. The second kappa shape index (κ2) is 9.11. The molecule has 0 spiro atoms. The van der Waals surface area contributed by atoms with E-state index >= 15 is 0 Å². The largest absolute Gasteiger partial charge is 0.497 e. The first kappa shape index (κ1) is 22.6. The Hall–Kier alpha value is -2.58. The first-order valence-corrected chi connectivity index (χ1v) is 13.2. The molecule has 1 fully saturated rings.